The molecule has 0 radical (unpaired) electrons. The number of benzene rings is 1. The second-order valence-electron chi connectivity index (χ2n) is 6.90. The Morgan fingerprint density at radius 1 is 0.969 bits per heavy atom. The van der Waals surface area contributed by atoms with Crippen molar-refractivity contribution in [2.75, 3.05) is 6.61 Å². The Labute approximate surface area is 184 Å². The molecule has 0 saturated heterocycles. The maximum atomic E-state index is 12.8. The van der Waals surface area contributed by atoms with Crippen LogP contribution < -0.4 is 4.72 Å². The van der Waals surface area contributed by atoms with Gasteiger partial charge in [0.2, 0.25) is 0 Å². The van der Waals surface area contributed by atoms with E-state index in [1.54, 1.807) is 19.1 Å². The van der Waals surface area contributed by atoms with E-state index in [4.69, 9.17) is 18.9 Å². The Hall–Kier alpha value is -3.41. The second-order valence-corrected chi connectivity index (χ2v) is 8.58. The van der Waals surface area contributed by atoms with E-state index in [0.29, 0.717) is 0 Å². The summed E-state index contributed by atoms with van der Waals surface area (Å²) < 4.78 is 47.6. The van der Waals surface area contributed by atoms with E-state index in [1.807, 2.05) is 4.72 Å². The van der Waals surface area contributed by atoms with Gasteiger partial charge in [-0.15, -0.1) is 0 Å². The Morgan fingerprint density at radius 3 is 2.09 bits per heavy atom. The minimum absolute atomic E-state index is 0.165. The highest BCUT2D eigenvalue weighted by molar-refractivity contribution is 7.90. The fourth-order valence-electron chi connectivity index (χ4n) is 2.79. The normalized spacial score (nSPS) is 20.2. The van der Waals surface area contributed by atoms with Crippen molar-refractivity contribution < 1.29 is 46.5 Å². The van der Waals surface area contributed by atoms with Crippen molar-refractivity contribution in [3.63, 3.8) is 0 Å². The molecule has 11 nitrogen and oxygen atoms in total. The summed E-state index contributed by atoms with van der Waals surface area (Å²) in [7, 11) is -4.27. The Morgan fingerprint density at radius 2 is 1.56 bits per heavy atom. The van der Waals surface area contributed by atoms with Crippen LogP contribution in [-0.2, 0) is 48.1 Å². The quantitative estimate of drug-likeness (QED) is 0.442. The average molecular weight is 469 g/mol. The average Bonchev–Trinajstić information content (AvgIpc) is 2.67. The molecule has 174 valence electrons. The fourth-order valence-corrected chi connectivity index (χ4v) is 3.76. The van der Waals surface area contributed by atoms with E-state index < -0.39 is 57.7 Å². The third-order valence-electron chi connectivity index (χ3n) is 4.21. The van der Waals surface area contributed by atoms with Crippen molar-refractivity contribution in [1.29, 1.82) is 0 Å². The number of amides is 1. The first kappa shape index (κ1) is 24.9. The van der Waals surface area contributed by atoms with Gasteiger partial charge in [0.05, 0.1) is 16.7 Å². The van der Waals surface area contributed by atoms with Crippen LogP contribution >= 0.6 is 0 Å². The lowest BCUT2D eigenvalue weighted by Crippen LogP contribution is -2.52. The van der Waals surface area contributed by atoms with Gasteiger partial charge in [0.25, 0.3) is 15.9 Å². The van der Waals surface area contributed by atoms with Gasteiger partial charge in [-0.1, -0.05) is 17.7 Å². The van der Waals surface area contributed by atoms with E-state index in [1.165, 1.54) is 12.1 Å². The molecule has 0 saturated carbocycles. The summed E-state index contributed by atoms with van der Waals surface area (Å²) in [5.41, 5.74) is 0.401. The molecule has 3 atom stereocenters. The molecular weight excluding hydrogens is 446 g/mol. The Balaban J connectivity index is 2.36. The molecule has 32 heavy (non-hydrogen) atoms. The second kappa shape index (κ2) is 10.3. The van der Waals surface area contributed by atoms with Gasteiger partial charge in [0.1, 0.15) is 6.61 Å². The van der Waals surface area contributed by atoms with E-state index in [2.05, 4.69) is 0 Å². The maximum Gasteiger partial charge on any atom is 0.303 e. The van der Waals surface area contributed by atoms with Gasteiger partial charge in [0, 0.05) is 20.8 Å². The summed E-state index contributed by atoms with van der Waals surface area (Å²) in [6.45, 7) is 4.67. The largest absolute Gasteiger partial charge is 0.490 e. The number of carbonyl (C=O) groups excluding carboxylic acids is 4. The molecule has 12 heteroatoms. The SMILES string of the molecule is CC(=O)OCC1OC=C(C(=O)NS(=O)(=O)c2ccc(C)cc2)C(OC(C)=O)C1OC(C)=O. The number of sulfonamides is 1. The summed E-state index contributed by atoms with van der Waals surface area (Å²) in [4.78, 5) is 47.0. The van der Waals surface area contributed by atoms with Crippen molar-refractivity contribution >= 4 is 33.8 Å². The zero-order chi connectivity index (χ0) is 24.1. The minimum Gasteiger partial charge on any atom is -0.490 e. The summed E-state index contributed by atoms with van der Waals surface area (Å²) in [6, 6.07) is 5.74. The first-order chi connectivity index (χ1) is 14.9. The maximum absolute atomic E-state index is 12.8. The summed E-state index contributed by atoms with van der Waals surface area (Å²) in [5, 5.41) is 0. The molecule has 0 bridgehead atoms. The molecule has 1 N–H and O–H groups in total. The van der Waals surface area contributed by atoms with Crippen LogP contribution in [0.3, 0.4) is 0 Å². The summed E-state index contributed by atoms with van der Waals surface area (Å²) >= 11 is 0. The van der Waals surface area contributed by atoms with Gasteiger partial charge in [-0.25, -0.2) is 13.1 Å². The monoisotopic (exact) mass is 469 g/mol. The van der Waals surface area contributed by atoms with E-state index in [9.17, 15) is 27.6 Å². The van der Waals surface area contributed by atoms with Gasteiger partial charge < -0.3 is 18.9 Å². The highest BCUT2D eigenvalue weighted by atomic mass is 32.2. The third-order valence-corrected chi connectivity index (χ3v) is 5.55. The van der Waals surface area contributed by atoms with Gasteiger partial charge in [-0.2, -0.15) is 0 Å². The molecule has 1 heterocycles. The topological polar surface area (TPSA) is 151 Å². The molecule has 1 amide bonds. The molecule has 1 aliphatic rings. The number of ether oxygens (including phenoxy) is 4. The molecule has 0 fully saturated rings. The van der Waals surface area contributed by atoms with Crippen LogP contribution in [0.1, 0.15) is 26.3 Å². The lowest BCUT2D eigenvalue weighted by atomic mass is 9.98. The molecule has 0 aromatic heterocycles. The fraction of sp³-hybridized carbons (Fsp3) is 0.400. The molecule has 2 rings (SSSR count). The molecule has 0 aliphatic carbocycles. The highest BCUT2D eigenvalue weighted by Crippen LogP contribution is 2.26. The molecule has 3 unspecified atom stereocenters. The van der Waals surface area contributed by atoms with Crippen LogP contribution in [-0.4, -0.2) is 57.2 Å². The highest BCUT2D eigenvalue weighted by Gasteiger charge is 2.45. The van der Waals surface area contributed by atoms with Crippen LogP contribution in [0.15, 0.2) is 41.0 Å². The number of aryl methyl sites for hydroxylation is 1. The van der Waals surface area contributed by atoms with Gasteiger partial charge in [-0.05, 0) is 19.1 Å². The smallest absolute Gasteiger partial charge is 0.303 e. The molecule has 0 spiro atoms. The van der Waals surface area contributed by atoms with Crippen LogP contribution in [0.4, 0.5) is 0 Å². The number of hydrogen-bond acceptors (Lipinski definition) is 10. The third kappa shape index (κ3) is 6.54. The lowest BCUT2D eigenvalue weighted by molar-refractivity contribution is -0.181. The van der Waals surface area contributed by atoms with E-state index in [0.717, 1.165) is 32.6 Å². The standard InChI is InChI=1S/C20H23NO10S/c1-11-5-7-15(8-6-11)32(26,27)21-20(25)16-9-29-17(10-28-12(2)22)19(31-14(4)24)18(16)30-13(3)23/h5-9,17-19H,10H2,1-4H3,(H,21,25). The number of esters is 3. The Bertz CT molecular complexity index is 1030. The zero-order valence-corrected chi connectivity index (χ0v) is 18.6. The number of nitrogens with one attached hydrogen (secondary N) is 1. The zero-order valence-electron chi connectivity index (χ0n) is 17.8. The van der Waals surface area contributed by atoms with Gasteiger partial charge in [-0.3, -0.25) is 19.2 Å². The summed E-state index contributed by atoms with van der Waals surface area (Å²) in [6.07, 6.45) is -3.14. The van der Waals surface area contributed by atoms with Crippen LogP contribution in [0.2, 0.25) is 0 Å². The summed E-state index contributed by atoms with van der Waals surface area (Å²) in [5.74, 6) is -3.42. The molecule has 1 aliphatic heterocycles. The molecular formula is C20H23NO10S. The number of rotatable bonds is 7. The molecule has 1 aromatic rings. The predicted octanol–water partition coefficient (Wildman–Crippen LogP) is 0.509. The van der Waals surface area contributed by atoms with E-state index >= 15 is 0 Å². The number of carbonyl (C=O) groups is 4. The molecule has 1 aromatic carbocycles. The predicted molar refractivity (Wildman–Crippen MR) is 107 cm³/mol. The van der Waals surface area contributed by atoms with Gasteiger partial charge in [0.15, 0.2) is 18.3 Å². The van der Waals surface area contributed by atoms with Crippen molar-refractivity contribution in [3.05, 3.63) is 41.7 Å². The van der Waals surface area contributed by atoms with Crippen LogP contribution in [0.5, 0.6) is 0 Å². The van der Waals surface area contributed by atoms with Crippen LogP contribution in [0.25, 0.3) is 0 Å². The first-order valence-electron chi connectivity index (χ1n) is 9.38. The lowest BCUT2D eigenvalue weighted by Gasteiger charge is -2.35. The van der Waals surface area contributed by atoms with Crippen molar-refractivity contribution in [2.45, 2.75) is 50.9 Å². The van der Waals surface area contributed by atoms with Gasteiger partial charge >= 0.3 is 17.9 Å². The van der Waals surface area contributed by atoms with Crippen molar-refractivity contribution in [1.82, 2.24) is 4.72 Å². The Kier molecular flexibility index (Phi) is 7.97. The van der Waals surface area contributed by atoms with Crippen molar-refractivity contribution in [3.8, 4) is 0 Å². The number of hydrogen-bond donors (Lipinski definition) is 1. The van der Waals surface area contributed by atoms with E-state index in [-0.39, 0.29) is 11.5 Å². The minimum atomic E-state index is -4.27. The van der Waals surface area contributed by atoms with Crippen LogP contribution in [0, 0.1) is 6.92 Å². The first-order valence-corrected chi connectivity index (χ1v) is 10.9. The van der Waals surface area contributed by atoms with Crippen molar-refractivity contribution in [2.24, 2.45) is 0 Å².